The zero-order chi connectivity index (χ0) is 14.6. The second-order valence-corrected chi connectivity index (χ2v) is 5.69. The average molecular weight is 271 g/mol. The van der Waals surface area contributed by atoms with E-state index in [2.05, 4.69) is 38.1 Å². The van der Waals surface area contributed by atoms with Crippen molar-refractivity contribution in [2.45, 2.75) is 51.2 Å². The number of rotatable bonds is 6. The summed E-state index contributed by atoms with van der Waals surface area (Å²) in [7, 11) is 0. The van der Waals surface area contributed by atoms with Gasteiger partial charge < -0.3 is 10.8 Å². The maximum absolute atomic E-state index is 10.9. The van der Waals surface area contributed by atoms with Gasteiger partial charge in [-0.05, 0) is 35.2 Å². The van der Waals surface area contributed by atoms with E-state index in [9.17, 15) is 5.11 Å². The first kappa shape index (κ1) is 15.0. The molecule has 0 aliphatic rings. The van der Waals surface area contributed by atoms with Gasteiger partial charge in [0.2, 0.25) is 0 Å². The Morgan fingerprint density at radius 2 is 1.60 bits per heavy atom. The molecule has 0 spiro atoms. The average Bonchev–Trinajstić information content (AvgIpc) is 2.46. The normalized spacial score (nSPS) is 13.6. The Morgan fingerprint density at radius 1 is 1.00 bits per heavy atom. The van der Waals surface area contributed by atoms with Crippen LogP contribution in [0.5, 0.6) is 0 Å². The lowest BCUT2D eigenvalue weighted by Crippen LogP contribution is -2.41. The second-order valence-electron chi connectivity index (χ2n) is 5.69. The summed E-state index contributed by atoms with van der Waals surface area (Å²) >= 11 is 0. The van der Waals surface area contributed by atoms with Gasteiger partial charge in [-0.2, -0.15) is 0 Å². The molecule has 0 fully saturated rings. The molecule has 0 unspecified atom stereocenters. The summed E-state index contributed by atoms with van der Waals surface area (Å²) in [6.45, 7) is 4.18. The number of nitrogens with two attached hydrogens (primary N) is 1. The molecule has 2 rings (SSSR count). The van der Waals surface area contributed by atoms with Gasteiger partial charge in [0, 0.05) is 0 Å². The van der Waals surface area contributed by atoms with Crippen molar-refractivity contribution in [3.8, 4) is 0 Å². The van der Waals surface area contributed by atoms with Crippen LogP contribution in [-0.4, -0.2) is 10.7 Å². The summed E-state index contributed by atoms with van der Waals surface area (Å²) in [5.41, 5.74) is 6.61. The van der Waals surface area contributed by atoms with E-state index in [1.165, 1.54) is 10.8 Å². The number of hydrogen-bond donors (Lipinski definition) is 2. The van der Waals surface area contributed by atoms with E-state index in [4.69, 9.17) is 5.73 Å². The van der Waals surface area contributed by atoms with E-state index >= 15 is 0 Å². The van der Waals surface area contributed by atoms with Crippen molar-refractivity contribution in [1.82, 2.24) is 0 Å². The van der Waals surface area contributed by atoms with Gasteiger partial charge in [-0.3, -0.25) is 0 Å². The van der Waals surface area contributed by atoms with Crippen molar-refractivity contribution >= 4 is 10.8 Å². The molecular formula is C18H25NO. The first-order valence-electron chi connectivity index (χ1n) is 7.57. The molecule has 0 aliphatic heterocycles. The van der Waals surface area contributed by atoms with Crippen LogP contribution in [-0.2, 0) is 0 Å². The van der Waals surface area contributed by atoms with Crippen LogP contribution in [0.4, 0.5) is 0 Å². The summed E-state index contributed by atoms with van der Waals surface area (Å²) in [6.07, 6.45) is 3.37. The summed E-state index contributed by atoms with van der Waals surface area (Å²) in [4.78, 5) is 0. The molecule has 2 aromatic rings. The highest BCUT2D eigenvalue weighted by Gasteiger charge is 2.33. The van der Waals surface area contributed by atoms with Crippen molar-refractivity contribution in [3.63, 3.8) is 0 Å². The Hall–Kier alpha value is -1.38. The van der Waals surface area contributed by atoms with E-state index in [1.807, 2.05) is 18.2 Å². The van der Waals surface area contributed by atoms with Crippen LogP contribution in [0.1, 0.15) is 51.1 Å². The monoisotopic (exact) mass is 271 g/mol. The lowest BCUT2D eigenvalue weighted by molar-refractivity contribution is -0.00451. The highest BCUT2D eigenvalue weighted by Crippen LogP contribution is 2.33. The number of hydrogen-bond acceptors (Lipinski definition) is 2. The highest BCUT2D eigenvalue weighted by molar-refractivity contribution is 5.83. The Bertz CT molecular complexity index is 558. The Balaban J connectivity index is 2.35. The molecule has 0 aliphatic carbocycles. The lowest BCUT2D eigenvalue weighted by Gasteiger charge is -2.34. The minimum atomic E-state index is -0.800. The first-order chi connectivity index (χ1) is 9.60. The van der Waals surface area contributed by atoms with Gasteiger partial charge in [0.25, 0.3) is 0 Å². The molecule has 0 amide bonds. The Morgan fingerprint density at radius 3 is 2.20 bits per heavy atom. The van der Waals surface area contributed by atoms with Gasteiger partial charge in [0.05, 0.1) is 11.6 Å². The summed E-state index contributed by atoms with van der Waals surface area (Å²) in [5, 5.41) is 13.3. The molecule has 2 heteroatoms. The third-order valence-electron chi connectivity index (χ3n) is 4.08. The largest absolute Gasteiger partial charge is 0.388 e. The van der Waals surface area contributed by atoms with Crippen LogP contribution < -0.4 is 5.73 Å². The maximum Gasteiger partial charge on any atom is 0.0839 e. The zero-order valence-electron chi connectivity index (χ0n) is 12.5. The van der Waals surface area contributed by atoms with E-state index in [0.29, 0.717) is 0 Å². The zero-order valence-corrected chi connectivity index (χ0v) is 12.5. The quantitative estimate of drug-likeness (QED) is 0.828. The van der Waals surface area contributed by atoms with E-state index in [-0.39, 0.29) is 6.04 Å². The van der Waals surface area contributed by atoms with Gasteiger partial charge in [0.1, 0.15) is 0 Å². The summed E-state index contributed by atoms with van der Waals surface area (Å²) < 4.78 is 0. The standard InChI is InChI=1S/C18H25NO/c1-3-11-18(20,12-4-2)17(19)16-10-9-14-7-5-6-8-15(14)13-16/h5-10,13,17,20H,3-4,11-12,19H2,1-2H3/t17-/m1/s1. The molecule has 108 valence electrons. The molecule has 0 saturated carbocycles. The Kier molecular flexibility index (Phi) is 4.79. The van der Waals surface area contributed by atoms with Crippen LogP contribution in [0.15, 0.2) is 42.5 Å². The third kappa shape index (κ3) is 3.02. The predicted octanol–water partition coefficient (Wildman–Crippen LogP) is 4.17. The molecule has 2 nitrogen and oxygen atoms in total. The van der Waals surface area contributed by atoms with Crippen molar-refractivity contribution in [2.75, 3.05) is 0 Å². The summed E-state index contributed by atoms with van der Waals surface area (Å²) in [6, 6.07) is 14.2. The van der Waals surface area contributed by atoms with Crippen LogP contribution >= 0.6 is 0 Å². The molecule has 0 saturated heterocycles. The van der Waals surface area contributed by atoms with Crippen LogP contribution in [0.3, 0.4) is 0 Å². The Labute approximate surface area is 121 Å². The molecule has 0 radical (unpaired) electrons. The molecule has 20 heavy (non-hydrogen) atoms. The molecule has 0 bridgehead atoms. The summed E-state index contributed by atoms with van der Waals surface area (Å²) in [5.74, 6) is 0. The molecule has 0 heterocycles. The van der Waals surface area contributed by atoms with Crippen molar-refractivity contribution in [2.24, 2.45) is 5.73 Å². The smallest absolute Gasteiger partial charge is 0.0839 e. The minimum Gasteiger partial charge on any atom is -0.388 e. The number of fused-ring (bicyclic) bond motifs is 1. The lowest BCUT2D eigenvalue weighted by atomic mass is 9.81. The van der Waals surface area contributed by atoms with Gasteiger partial charge >= 0.3 is 0 Å². The van der Waals surface area contributed by atoms with E-state index in [0.717, 1.165) is 31.2 Å². The van der Waals surface area contributed by atoms with Gasteiger partial charge in [-0.15, -0.1) is 0 Å². The second kappa shape index (κ2) is 6.38. The van der Waals surface area contributed by atoms with E-state index < -0.39 is 5.60 Å². The van der Waals surface area contributed by atoms with E-state index in [1.54, 1.807) is 0 Å². The number of aliphatic hydroxyl groups is 1. The van der Waals surface area contributed by atoms with Crippen molar-refractivity contribution in [1.29, 1.82) is 0 Å². The molecule has 1 atom stereocenters. The molecule has 0 aromatic heterocycles. The fraction of sp³-hybridized carbons (Fsp3) is 0.444. The van der Waals surface area contributed by atoms with Gasteiger partial charge in [0.15, 0.2) is 0 Å². The SMILES string of the molecule is CCCC(O)(CCC)[C@H](N)c1ccc2ccccc2c1. The van der Waals surface area contributed by atoms with Crippen molar-refractivity contribution in [3.05, 3.63) is 48.0 Å². The fourth-order valence-electron chi connectivity index (χ4n) is 3.01. The predicted molar refractivity (Wildman–Crippen MR) is 85.6 cm³/mol. The minimum absolute atomic E-state index is 0.327. The van der Waals surface area contributed by atoms with Crippen LogP contribution in [0.2, 0.25) is 0 Å². The molecular weight excluding hydrogens is 246 g/mol. The first-order valence-corrected chi connectivity index (χ1v) is 7.57. The number of benzene rings is 2. The third-order valence-corrected chi connectivity index (χ3v) is 4.08. The molecule has 2 aromatic carbocycles. The topological polar surface area (TPSA) is 46.2 Å². The highest BCUT2D eigenvalue weighted by atomic mass is 16.3. The molecule has 3 N–H and O–H groups in total. The van der Waals surface area contributed by atoms with Gasteiger partial charge in [-0.25, -0.2) is 0 Å². The maximum atomic E-state index is 10.9. The van der Waals surface area contributed by atoms with Crippen LogP contribution in [0, 0.1) is 0 Å². The van der Waals surface area contributed by atoms with Crippen molar-refractivity contribution < 1.29 is 5.11 Å². The fourth-order valence-corrected chi connectivity index (χ4v) is 3.01. The van der Waals surface area contributed by atoms with Crippen LogP contribution in [0.25, 0.3) is 10.8 Å². The van der Waals surface area contributed by atoms with Gasteiger partial charge in [-0.1, -0.05) is 63.1 Å².